The van der Waals surface area contributed by atoms with Crippen molar-refractivity contribution in [2.75, 3.05) is 7.05 Å². The van der Waals surface area contributed by atoms with Crippen molar-refractivity contribution in [3.8, 4) is 11.3 Å². The molecule has 0 aliphatic rings. The fourth-order valence-electron chi connectivity index (χ4n) is 3.41. The largest absolute Gasteiger partial charge is 0.355 e. The Balaban J connectivity index is 1.69. The Hall–Kier alpha value is -4.20. The lowest BCUT2D eigenvalue weighted by atomic mass is 10.0. The van der Waals surface area contributed by atoms with Gasteiger partial charge in [-0.2, -0.15) is 5.10 Å². The summed E-state index contributed by atoms with van der Waals surface area (Å²) in [6.45, 7) is 5.74. The van der Waals surface area contributed by atoms with Gasteiger partial charge in [-0.15, -0.1) is 0 Å². The van der Waals surface area contributed by atoms with Crippen LogP contribution in [0.1, 0.15) is 34.1 Å². The van der Waals surface area contributed by atoms with Crippen LogP contribution in [0.15, 0.2) is 60.4 Å². The topological polar surface area (TPSA) is 84.5 Å². The summed E-state index contributed by atoms with van der Waals surface area (Å²) in [5.74, 6) is -0.661. The molecule has 0 atom stereocenters. The highest BCUT2D eigenvalue weighted by atomic mass is 19.1. The van der Waals surface area contributed by atoms with Crippen molar-refractivity contribution in [1.29, 1.82) is 0 Å². The summed E-state index contributed by atoms with van der Waals surface area (Å²) in [6, 6.07) is 10.3. The lowest BCUT2D eigenvalue weighted by Gasteiger charge is -2.07. The summed E-state index contributed by atoms with van der Waals surface area (Å²) < 4.78 is 16.1. The molecule has 2 aromatic heterocycles. The van der Waals surface area contributed by atoms with Gasteiger partial charge in [0.05, 0.1) is 29.3 Å². The SMILES string of the molecule is C=Cc1cc(Cc2cnc3ncc(-c4ccc(C(=O)NC)c(F)c4)nn23)ccc1/N=C\C. The summed E-state index contributed by atoms with van der Waals surface area (Å²) in [4.78, 5) is 24.8. The maximum absolute atomic E-state index is 14.4. The number of halogens is 1. The molecule has 1 amide bonds. The lowest BCUT2D eigenvalue weighted by molar-refractivity contribution is 0.0959. The Morgan fingerprint density at radius 3 is 2.75 bits per heavy atom. The van der Waals surface area contributed by atoms with Crippen LogP contribution >= 0.6 is 0 Å². The van der Waals surface area contributed by atoms with E-state index >= 15 is 0 Å². The van der Waals surface area contributed by atoms with Gasteiger partial charge in [0.25, 0.3) is 11.7 Å². The van der Waals surface area contributed by atoms with E-state index in [1.54, 1.807) is 29.1 Å². The molecule has 32 heavy (non-hydrogen) atoms. The molecule has 1 N–H and O–H groups in total. The molecule has 0 aliphatic heterocycles. The van der Waals surface area contributed by atoms with Gasteiger partial charge in [0.15, 0.2) is 0 Å². The van der Waals surface area contributed by atoms with Gasteiger partial charge in [-0.05, 0) is 42.3 Å². The molecule has 0 radical (unpaired) electrons. The molecular formula is C24H21FN6O. The number of hydrogen-bond acceptors (Lipinski definition) is 5. The second kappa shape index (κ2) is 8.89. The molecular weight excluding hydrogens is 407 g/mol. The number of amides is 1. The van der Waals surface area contributed by atoms with Gasteiger partial charge >= 0.3 is 0 Å². The molecule has 0 aliphatic carbocycles. The van der Waals surface area contributed by atoms with Crippen molar-refractivity contribution in [3.63, 3.8) is 0 Å². The number of nitrogens with zero attached hydrogens (tertiary/aromatic N) is 5. The third kappa shape index (κ3) is 4.02. The van der Waals surface area contributed by atoms with Crippen LogP contribution in [-0.2, 0) is 6.42 Å². The smallest absolute Gasteiger partial charge is 0.253 e. The molecule has 160 valence electrons. The fraction of sp³-hybridized carbons (Fsp3) is 0.125. The molecule has 0 fully saturated rings. The van der Waals surface area contributed by atoms with E-state index in [0.717, 1.165) is 22.5 Å². The molecule has 0 spiro atoms. The predicted molar refractivity (Wildman–Crippen MR) is 123 cm³/mol. The third-order valence-electron chi connectivity index (χ3n) is 5.00. The molecule has 8 heteroatoms. The highest BCUT2D eigenvalue weighted by molar-refractivity contribution is 5.94. The van der Waals surface area contributed by atoms with Crippen molar-refractivity contribution >= 4 is 29.7 Å². The quantitative estimate of drug-likeness (QED) is 0.466. The summed E-state index contributed by atoms with van der Waals surface area (Å²) in [7, 11) is 1.46. The van der Waals surface area contributed by atoms with Crippen molar-refractivity contribution in [3.05, 3.63) is 83.6 Å². The highest BCUT2D eigenvalue weighted by Crippen LogP contribution is 2.24. The van der Waals surface area contributed by atoms with E-state index in [2.05, 4.69) is 32.0 Å². The minimum absolute atomic E-state index is 0.0255. The first-order valence-corrected chi connectivity index (χ1v) is 9.99. The van der Waals surface area contributed by atoms with E-state index in [1.165, 1.54) is 25.4 Å². The van der Waals surface area contributed by atoms with E-state index < -0.39 is 11.7 Å². The van der Waals surface area contributed by atoms with Gasteiger partial charge in [0.1, 0.15) is 11.5 Å². The van der Waals surface area contributed by atoms with Crippen molar-refractivity contribution in [1.82, 2.24) is 24.9 Å². The molecule has 4 aromatic rings. The van der Waals surface area contributed by atoms with Gasteiger partial charge in [0, 0.05) is 25.2 Å². The molecule has 0 bridgehead atoms. The van der Waals surface area contributed by atoms with Gasteiger partial charge < -0.3 is 5.32 Å². The molecule has 2 heterocycles. The average molecular weight is 428 g/mol. The number of hydrogen-bond donors (Lipinski definition) is 1. The zero-order chi connectivity index (χ0) is 22.7. The minimum atomic E-state index is -0.624. The van der Waals surface area contributed by atoms with Crippen LogP contribution in [0.3, 0.4) is 0 Å². The zero-order valence-corrected chi connectivity index (χ0v) is 17.7. The Morgan fingerprint density at radius 2 is 2.03 bits per heavy atom. The summed E-state index contributed by atoms with van der Waals surface area (Å²) in [6.07, 6.45) is 7.34. The number of aliphatic imine (C=N–C) groups is 1. The van der Waals surface area contributed by atoms with E-state index in [-0.39, 0.29) is 5.56 Å². The molecule has 0 saturated carbocycles. The molecule has 0 unspecified atom stereocenters. The Kier molecular flexibility index (Phi) is 5.85. The number of aromatic nitrogens is 4. The van der Waals surface area contributed by atoms with Crippen LogP contribution in [0.5, 0.6) is 0 Å². The minimum Gasteiger partial charge on any atom is -0.355 e. The third-order valence-corrected chi connectivity index (χ3v) is 5.00. The number of nitrogens with one attached hydrogen (secondary N) is 1. The number of fused-ring (bicyclic) bond motifs is 1. The van der Waals surface area contributed by atoms with Crippen molar-refractivity contribution < 1.29 is 9.18 Å². The first-order valence-electron chi connectivity index (χ1n) is 9.99. The van der Waals surface area contributed by atoms with Gasteiger partial charge in [0.2, 0.25) is 0 Å². The molecule has 7 nitrogen and oxygen atoms in total. The number of rotatable bonds is 6. The number of imidazole rings is 1. The van der Waals surface area contributed by atoms with Crippen molar-refractivity contribution in [2.24, 2.45) is 4.99 Å². The molecule has 4 rings (SSSR count). The van der Waals surface area contributed by atoms with Crippen LogP contribution in [0, 0.1) is 5.82 Å². The van der Waals surface area contributed by atoms with Crippen molar-refractivity contribution in [2.45, 2.75) is 13.3 Å². The maximum atomic E-state index is 14.4. The van der Waals surface area contributed by atoms with E-state index in [9.17, 15) is 9.18 Å². The first kappa shape index (κ1) is 21.0. The Bertz CT molecular complexity index is 1360. The van der Waals surface area contributed by atoms with E-state index in [1.807, 2.05) is 25.1 Å². The zero-order valence-electron chi connectivity index (χ0n) is 17.7. The Morgan fingerprint density at radius 1 is 1.22 bits per heavy atom. The number of carbonyl (C=O) groups is 1. The normalized spacial score (nSPS) is 11.2. The van der Waals surface area contributed by atoms with Gasteiger partial charge in [-0.1, -0.05) is 24.8 Å². The van der Waals surface area contributed by atoms with Crippen LogP contribution < -0.4 is 5.32 Å². The summed E-state index contributed by atoms with van der Waals surface area (Å²) in [5, 5.41) is 7.03. The van der Waals surface area contributed by atoms with Crippen LogP contribution in [0.2, 0.25) is 0 Å². The fourth-order valence-corrected chi connectivity index (χ4v) is 3.41. The molecule has 2 aromatic carbocycles. The standard InChI is InChI=1S/C24H21FN6O/c1-4-16-10-15(6-9-21(16)27-5-2)11-18-13-28-24-29-14-22(30-31(18)24)17-7-8-19(20(25)12-17)23(32)26-3/h4-10,12-14H,1,11H2,2-3H3,(H,26,32)/b27-5-. The average Bonchev–Trinajstić information content (AvgIpc) is 3.21. The monoisotopic (exact) mass is 428 g/mol. The van der Waals surface area contributed by atoms with E-state index in [0.29, 0.717) is 23.5 Å². The lowest BCUT2D eigenvalue weighted by Crippen LogP contribution is -2.19. The van der Waals surface area contributed by atoms with E-state index in [4.69, 9.17) is 0 Å². The summed E-state index contributed by atoms with van der Waals surface area (Å²) >= 11 is 0. The highest BCUT2D eigenvalue weighted by Gasteiger charge is 2.14. The second-order valence-electron chi connectivity index (χ2n) is 7.04. The van der Waals surface area contributed by atoms with Crippen LogP contribution in [0.4, 0.5) is 10.1 Å². The number of benzene rings is 2. The number of carbonyl (C=O) groups excluding carboxylic acids is 1. The van der Waals surface area contributed by atoms with Crippen LogP contribution in [-0.4, -0.2) is 38.8 Å². The maximum Gasteiger partial charge on any atom is 0.253 e. The van der Waals surface area contributed by atoms with Gasteiger partial charge in [-0.25, -0.2) is 18.9 Å². The molecule has 0 saturated heterocycles. The first-order chi connectivity index (χ1) is 15.5. The Labute approximate surface area is 184 Å². The van der Waals surface area contributed by atoms with Gasteiger partial charge in [-0.3, -0.25) is 9.79 Å². The predicted octanol–water partition coefficient (Wildman–Crippen LogP) is 4.25. The summed E-state index contributed by atoms with van der Waals surface area (Å²) in [5.41, 5.74) is 4.63. The second-order valence-corrected chi connectivity index (χ2v) is 7.04. The van der Waals surface area contributed by atoms with Crippen LogP contribution in [0.25, 0.3) is 23.1 Å².